The zero-order chi connectivity index (χ0) is 12.7. The molecular formula is C12H11N3O3. The molecule has 0 radical (unpaired) electrons. The van der Waals surface area contributed by atoms with Crippen molar-refractivity contribution >= 4 is 23.0 Å². The first kappa shape index (κ1) is 10.9. The molecule has 1 amide bonds. The Kier molecular flexibility index (Phi) is 2.36. The Hall–Kier alpha value is -2.24. The van der Waals surface area contributed by atoms with Crippen LogP contribution in [-0.2, 0) is 4.79 Å². The van der Waals surface area contributed by atoms with Gasteiger partial charge in [0, 0.05) is 12.1 Å². The molecule has 1 unspecified atom stereocenters. The summed E-state index contributed by atoms with van der Waals surface area (Å²) < 4.78 is 0. The molecular weight excluding hydrogens is 234 g/mol. The van der Waals surface area contributed by atoms with Gasteiger partial charge in [-0.15, -0.1) is 0 Å². The topological polar surface area (TPSA) is 75.8 Å². The van der Waals surface area contributed by atoms with Crippen molar-refractivity contribution in [2.45, 2.75) is 19.3 Å². The largest absolute Gasteiger partial charge is 0.272 e. The summed E-state index contributed by atoms with van der Waals surface area (Å²) in [6, 6.07) is 6.01. The number of hydrazone groups is 1. The Morgan fingerprint density at radius 1 is 1.44 bits per heavy atom. The lowest BCUT2D eigenvalue weighted by Crippen LogP contribution is -2.25. The third-order valence-corrected chi connectivity index (χ3v) is 3.35. The summed E-state index contributed by atoms with van der Waals surface area (Å²) in [5, 5.41) is 16.3. The van der Waals surface area contributed by atoms with Gasteiger partial charge < -0.3 is 0 Å². The van der Waals surface area contributed by atoms with Gasteiger partial charge >= 0.3 is 0 Å². The molecule has 1 aromatic carbocycles. The van der Waals surface area contributed by atoms with Crippen LogP contribution in [0.1, 0.15) is 19.3 Å². The number of rotatable bonds is 2. The van der Waals surface area contributed by atoms with E-state index in [0.717, 1.165) is 25.0 Å². The fourth-order valence-corrected chi connectivity index (χ4v) is 2.46. The number of hydrogen-bond donors (Lipinski definition) is 0. The average Bonchev–Trinajstić information content (AvgIpc) is 2.93. The van der Waals surface area contributed by atoms with Crippen molar-refractivity contribution in [3.8, 4) is 0 Å². The van der Waals surface area contributed by atoms with Crippen LogP contribution in [0.3, 0.4) is 0 Å². The zero-order valence-corrected chi connectivity index (χ0v) is 9.57. The molecule has 0 spiro atoms. The number of nitro benzene ring substituents is 1. The number of amides is 1. The third-order valence-electron chi connectivity index (χ3n) is 3.35. The molecule has 0 aromatic heterocycles. The Balaban J connectivity index is 1.96. The second-order valence-electron chi connectivity index (χ2n) is 4.46. The lowest BCUT2D eigenvalue weighted by molar-refractivity contribution is -0.384. The van der Waals surface area contributed by atoms with Crippen LogP contribution in [0.25, 0.3) is 0 Å². The summed E-state index contributed by atoms with van der Waals surface area (Å²) in [4.78, 5) is 22.3. The average molecular weight is 245 g/mol. The number of benzene rings is 1. The molecule has 6 heteroatoms. The maximum atomic E-state index is 12.1. The van der Waals surface area contributed by atoms with Gasteiger partial charge in [-0.25, -0.2) is 0 Å². The number of nitrogens with zero attached hydrogens (tertiary/aromatic N) is 3. The fourth-order valence-electron chi connectivity index (χ4n) is 2.46. The van der Waals surface area contributed by atoms with Gasteiger partial charge in [0.05, 0.1) is 22.2 Å². The molecule has 0 N–H and O–H groups in total. The van der Waals surface area contributed by atoms with Crippen LogP contribution in [0.15, 0.2) is 29.4 Å². The highest BCUT2D eigenvalue weighted by Gasteiger charge is 2.39. The normalized spacial score (nSPS) is 22.0. The van der Waals surface area contributed by atoms with E-state index in [0.29, 0.717) is 5.69 Å². The van der Waals surface area contributed by atoms with Gasteiger partial charge in [-0.05, 0) is 25.3 Å². The SMILES string of the molecule is O=C1C2CCCC2=NN1c1cccc([N+](=O)[O-])c1. The Labute approximate surface area is 103 Å². The minimum absolute atomic E-state index is 0.0300. The van der Waals surface area contributed by atoms with E-state index in [-0.39, 0.29) is 17.5 Å². The smallest absolute Gasteiger partial charge is 0.271 e. The first-order valence-corrected chi connectivity index (χ1v) is 5.82. The molecule has 0 saturated heterocycles. The number of anilines is 1. The van der Waals surface area contributed by atoms with Crippen LogP contribution in [0.2, 0.25) is 0 Å². The molecule has 18 heavy (non-hydrogen) atoms. The summed E-state index contributed by atoms with van der Waals surface area (Å²) in [6.45, 7) is 0. The minimum atomic E-state index is -0.474. The molecule has 3 rings (SSSR count). The molecule has 1 saturated carbocycles. The van der Waals surface area contributed by atoms with Crippen molar-refractivity contribution in [1.82, 2.24) is 0 Å². The molecule has 1 aliphatic carbocycles. The number of fused-ring (bicyclic) bond motifs is 1. The summed E-state index contributed by atoms with van der Waals surface area (Å²) in [6.07, 6.45) is 2.68. The molecule has 1 aromatic rings. The zero-order valence-electron chi connectivity index (χ0n) is 9.57. The lowest BCUT2D eigenvalue weighted by Gasteiger charge is -2.13. The highest BCUT2D eigenvalue weighted by atomic mass is 16.6. The Morgan fingerprint density at radius 3 is 3.00 bits per heavy atom. The summed E-state index contributed by atoms with van der Waals surface area (Å²) in [5.74, 6) is -0.174. The predicted molar refractivity (Wildman–Crippen MR) is 65.4 cm³/mol. The van der Waals surface area contributed by atoms with Gasteiger partial charge in [0.25, 0.3) is 11.6 Å². The summed E-state index contributed by atoms with van der Waals surface area (Å²) >= 11 is 0. The molecule has 1 aliphatic heterocycles. The van der Waals surface area contributed by atoms with Crippen LogP contribution in [0.4, 0.5) is 11.4 Å². The van der Waals surface area contributed by atoms with E-state index < -0.39 is 4.92 Å². The first-order valence-electron chi connectivity index (χ1n) is 5.82. The van der Waals surface area contributed by atoms with Gasteiger partial charge in [-0.2, -0.15) is 10.1 Å². The van der Waals surface area contributed by atoms with E-state index in [9.17, 15) is 14.9 Å². The van der Waals surface area contributed by atoms with Crippen LogP contribution < -0.4 is 5.01 Å². The molecule has 1 fully saturated rings. The van der Waals surface area contributed by atoms with Crippen molar-refractivity contribution in [2.75, 3.05) is 5.01 Å². The van der Waals surface area contributed by atoms with E-state index >= 15 is 0 Å². The molecule has 1 heterocycles. The predicted octanol–water partition coefficient (Wildman–Crippen LogP) is 2.10. The Bertz CT molecular complexity index is 567. The molecule has 92 valence electrons. The van der Waals surface area contributed by atoms with E-state index in [2.05, 4.69) is 5.10 Å². The Morgan fingerprint density at radius 2 is 2.28 bits per heavy atom. The fraction of sp³-hybridized carbons (Fsp3) is 0.333. The number of non-ortho nitro benzene ring substituents is 1. The van der Waals surface area contributed by atoms with Crippen molar-refractivity contribution < 1.29 is 9.72 Å². The van der Waals surface area contributed by atoms with Gasteiger partial charge in [-0.1, -0.05) is 6.07 Å². The van der Waals surface area contributed by atoms with Gasteiger partial charge in [0.15, 0.2) is 0 Å². The summed E-state index contributed by atoms with van der Waals surface area (Å²) in [5.41, 5.74) is 1.35. The van der Waals surface area contributed by atoms with Gasteiger partial charge in [0.1, 0.15) is 0 Å². The van der Waals surface area contributed by atoms with Gasteiger partial charge in [0.2, 0.25) is 0 Å². The quantitative estimate of drug-likeness (QED) is 0.591. The van der Waals surface area contributed by atoms with Crippen LogP contribution in [0, 0.1) is 16.0 Å². The van der Waals surface area contributed by atoms with Crippen molar-refractivity contribution in [3.63, 3.8) is 0 Å². The van der Waals surface area contributed by atoms with E-state index in [1.54, 1.807) is 12.1 Å². The standard InChI is InChI=1S/C12H11N3O3/c16-12-10-5-2-6-11(10)13-14(12)8-3-1-4-9(7-8)15(17)18/h1,3-4,7,10H,2,5-6H2. The van der Waals surface area contributed by atoms with Crippen molar-refractivity contribution in [2.24, 2.45) is 11.0 Å². The molecule has 2 aliphatic rings. The minimum Gasteiger partial charge on any atom is -0.272 e. The van der Waals surface area contributed by atoms with Crippen LogP contribution in [0.5, 0.6) is 0 Å². The van der Waals surface area contributed by atoms with E-state index in [4.69, 9.17) is 0 Å². The van der Waals surface area contributed by atoms with Crippen molar-refractivity contribution in [3.05, 3.63) is 34.4 Å². The number of carbonyl (C=O) groups excluding carboxylic acids is 1. The van der Waals surface area contributed by atoms with Gasteiger partial charge in [-0.3, -0.25) is 14.9 Å². The number of hydrogen-bond acceptors (Lipinski definition) is 4. The molecule has 1 atom stereocenters. The molecule has 0 bridgehead atoms. The number of nitro groups is 1. The van der Waals surface area contributed by atoms with Crippen molar-refractivity contribution in [1.29, 1.82) is 0 Å². The third kappa shape index (κ3) is 1.57. The highest BCUT2D eigenvalue weighted by Crippen LogP contribution is 2.33. The lowest BCUT2D eigenvalue weighted by atomic mass is 10.1. The monoisotopic (exact) mass is 245 g/mol. The second kappa shape index (κ2) is 3.90. The number of carbonyl (C=O) groups is 1. The van der Waals surface area contributed by atoms with Crippen LogP contribution >= 0.6 is 0 Å². The van der Waals surface area contributed by atoms with Crippen LogP contribution in [-0.4, -0.2) is 16.5 Å². The maximum Gasteiger partial charge on any atom is 0.271 e. The highest BCUT2D eigenvalue weighted by molar-refractivity contribution is 6.16. The summed E-state index contributed by atoms with van der Waals surface area (Å²) in [7, 11) is 0. The second-order valence-corrected chi connectivity index (χ2v) is 4.46. The van der Waals surface area contributed by atoms with E-state index in [1.165, 1.54) is 17.1 Å². The first-order chi connectivity index (χ1) is 8.66. The molecule has 6 nitrogen and oxygen atoms in total. The maximum absolute atomic E-state index is 12.1. The van der Waals surface area contributed by atoms with E-state index in [1.807, 2.05) is 0 Å².